The molecular formula is C36H39F3N8O3. The molecule has 0 aliphatic carbocycles. The summed E-state index contributed by atoms with van der Waals surface area (Å²) in [5.74, 6) is -1.42. The highest BCUT2D eigenvalue weighted by Gasteiger charge is 2.49. The van der Waals surface area contributed by atoms with Crippen molar-refractivity contribution < 1.29 is 27.8 Å². The number of phenolic OH excluding ortho intramolecular Hbond substituents is 1. The van der Waals surface area contributed by atoms with Crippen molar-refractivity contribution in [2.45, 2.75) is 57.3 Å². The molecule has 262 valence electrons. The molecule has 0 unspecified atom stereocenters. The van der Waals surface area contributed by atoms with Crippen LogP contribution in [-0.4, -0.2) is 91.0 Å². The third-order valence-electron chi connectivity index (χ3n) is 9.99. The van der Waals surface area contributed by atoms with Crippen LogP contribution in [0.2, 0.25) is 0 Å². The highest BCUT2D eigenvalue weighted by Crippen LogP contribution is 2.42. The summed E-state index contributed by atoms with van der Waals surface area (Å²) < 4.78 is 54.2. The number of halogens is 3. The van der Waals surface area contributed by atoms with Gasteiger partial charge in [0, 0.05) is 45.9 Å². The van der Waals surface area contributed by atoms with E-state index in [1.54, 1.807) is 38.8 Å². The molecule has 2 aliphatic heterocycles. The van der Waals surface area contributed by atoms with Gasteiger partial charge in [-0.2, -0.15) is 15.1 Å². The first-order valence-corrected chi connectivity index (χ1v) is 16.7. The SMILES string of the molecule is CCc1c(F)ccc2cc(O)cc(-c3ncc4c(N[C@@H](C)c5cc(C(=O)N(C)C)nn5C)nc(OC[C@@]56CCCN5C[C@H](F)C6)nc4c3F)c12. The van der Waals surface area contributed by atoms with E-state index in [2.05, 4.69) is 30.3 Å². The van der Waals surface area contributed by atoms with Crippen molar-refractivity contribution >= 4 is 33.4 Å². The number of hydrogen-bond acceptors (Lipinski definition) is 9. The lowest BCUT2D eigenvalue weighted by Crippen LogP contribution is -2.43. The number of benzene rings is 2. The van der Waals surface area contributed by atoms with Crippen LogP contribution in [0.4, 0.5) is 19.0 Å². The minimum atomic E-state index is -0.960. The lowest BCUT2D eigenvalue weighted by atomic mass is 9.94. The lowest BCUT2D eigenvalue weighted by molar-refractivity contribution is 0.0821. The molecule has 0 saturated carbocycles. The van der Waals surface area contributed by atoms with Crippen molar-refractivity contribution in [3.05, 3.63) is 65.1 Å². The van der Waals surface area contributed by atoms with E-state index in [1.165, 1.54) is 35.4 Å². The molecule has 0 radical (unpaired) electrons. The zero-order chi connectivity index (χ0) is 35.5. The maximum absolute atomic E-state index is 16.9. The summed E-state index contributed by atoms with van der Waals surface area (Å²) in [5.41, 5.74) is 0.782. The van der Waals surface area contributed by atoms with Crippen molar-refractivity contribution in [1.82, 2.24) is 34.5 Å². The molecule has 7 rings (SSSR count). The molecule has 50 heavy (non-hydrogen) atoms. The maximum Gasteiger partial charge on any atom is 0.319 e. The topological polar surface area (TPSA) is 122 Å². The van der Waals surface area contributed by atoms with E-state index in [4.69, 9.17) is 4.74 Å². The zero-order valence-electron chi connectivity index (χ0n) is 28.6. The summed E-state index contributed by atoms with van der Waals surface area (Å²) in [6.07, 6.45) is 2.82. The van der Waals surface area contributed by atoms with Crippen molar-refractivity contribution in [2.75, 3.05) is 39.1 Å². The molecule has 3 aromatic heterocycles. The molecule has 11 nitrogen and oxygen atoms in total. The fourth-order valence-corrected chi connectivity index (χ4v) is 7.58. The molecular weight excluding hydrogens is 649 g/mol. The summed E-state index contributed by atoms with van der Waals surface area (Å²) in [7, 11) is 5.01. The number of aromatic hydroxyl groups is 1. The fraction of sp³-hybridized carbons (Fsp3) is 0.417. The van der Waals surface area contributed by atoms with Gasteiger partial charge in [-0.25, -0.2) is 13.2 Å². The van der Waals surface area contributed by atoms with Crippen molar-refractivity contribution in [1.29, 1.82) is 0 Å². The molecule has 1 amide bonds. The first-order valence-electron chi connectivity index (χ1n) is 16.7. The Morgan fingerprint density at radius 2 is 2.02 bits per heavy atom. The normalized spacial score (nSPS) is 19.6. The van der Waals surface area contributed by atoms with Crippen molar-refractivity contribution in [3.8, 4) is 23.0 Å². The molecule has 2 N–H and O–H groups in total. The van der Waals surface area contributed by atoms with Gasteiger partial charge < -0.3 is 20.1 Å². The number of amides is 1. The van der Waals surface area contributed by atoms with Crippen LogP contribution >= 0.6 is 0 Å². The van der Waals surface area contributed by atoms with Gasteiger partial charge in [-0.3, -0.25) is 19.4 Å². The number of alkyl halides is 1. The fourth-order valence-electron chi connectivity index (χ4n) is 7.58. The minimum Gasteiger partial charge on any atom is -0.508 e. The van der Waals surface area contributed by atoms with Gasteiger partial charge >= 0.3 is 6.01 Å². The average Bonchev–Trinajstić information content (AvgIpc) is 3.75. The van der Waals surface area contributed by atoms with E-state index < -0.39 is 29.4 Å². The molecule has 0 bridgehead atoms. The molecule has 2 aromatic carbocycles. The van der Waals surface area contributed by atoms with Gasteiger partial charge in [0.05, 0.1) is 22.7 Å². The second kappa shape index (κ2) is 12.7. The van der Waals surface area contributed by atoms with Gasteiger partial charge in [0.15, 0.2) is 11.5 Å². The minimum absolute atomic E-state index is 0.107. The van der Waals surface area contributed by atoms with Crippen LogP contribution in [0, 0.1) is 11.6 Å². The second-order valence-corrected chi connectivity index (χ2v) is 13.5. The van der Waals surface area contributed by atoms with Crippen LogP contribution in [0.25, 0.3) is 32.9 Å². The lowest BCUT2D eigenvalue weighted by Gasteiger charge is -2.30. The molecule has 3 atom stereocenters. The maximum atomic E-state index is 16.9. The number of rotatable bonds is 9. The summed E-state index contributed by atoms with van der Waals surface area (Å²) in [5, 5.41) is 19.5. The van der Waals surface area contributed by atoms with Crippen LogP contribution in [-0.2, 0) is 13.5 Å². The van der Waals surface area contributed by atoms with Gasteiger partial charge in [-0.1, -0.05) is 13.0 Å². The Morgan fingerprint density at radius 3 is 2.78 bits per heavy atom. The third-order valence-corrected chi connectivity index (χ3v) is 9.99. The highest BCUT2D eigenvalue weighted by molar-refractivity contribution is 6.01. The Hall–Kier alpha value is -4.98. The molecule has 2 fully saturated rings. The number of pyridine rings is 1. The predicted octanol–water partition coefficient (Wildman–Crippen LogP) is 5.95. The number of ether oxygens (including phenoxy) is 1. The summed E-state index contributed by atoms with van der Waals surface area (Å²) in [6.45, 7) is 4.90. The highest BCUT2D eigenvalue weighted by atomic mass is 19.1. The third kappa shape index (κ3) is 5.74. The first kappa shape index (κ1) is 33.5. The van der Waals surface area contributed by atoms with E-state index in [-0.39, 0.29) is 57.9 Å². The molecule has 5 heterocycles. The standard InChI is InChI=1S/C36H39F3N8O3/c1-6-23-26(38)9-8-20-12-22(48)13-24(29(20)23)31-30(39)32-25(16-40-31)33(41-19(2)28-14-27(44-46(28)5)34(49)45(3)4)43-35(42-32)50-18-36-10-7-11-47(36)17-21(37)15-36/h8-9,12-14,16,19,21,48H,6-7,10-11,15,17-18H2,1-5H3,(H,41,42,43)/t19-,21+,36-/m0/s1. The van der Waals surface area contributed by atoms with E-state index >= 15 is 8.78 Å². The number of aromatic nitrogens is 5. The van der Waals surface area contributed by atoms with Crippen LogP contribution < -0.4 is 10.1 Å². The van der Waals surface area contributed by atoms with Crippen LogP contribution in [0.3, 0.4) is 0 Å². The molecule has 5 aromatic rings. The van der Waals surface area contributed by atoms with Crippen LogP contribution in [0.15, 0.2) is 36.5 Å². The Labute approximate surface area is 287 Å². The molecule has 14 heteroatoms. The molecule has 2 saturated heterocycles. The number of carbonyl (C=O) groups is 1. The largest absolute Gasteiger partial charge is 0.508 e. The van der Waals surface area contributed by atoms with Crippen molar-refractivity contribution in [3.63, 3.8) is 0 Å². The summed E-state index contributed by atoms with van der Waals surface area (Å²) in [4.78, 5) is 29.8. The Morgan fingerprint density at radius 1 is 1.22 bits per heavy atom. The number of fused-ring (bicyclic) bond motifs is 3. The number of anilines is 1. The Kier molecular flexibility index (Phi) is 8.53. The van der Waals surface area contributed by atoms with Gasteiger partial charge in [-0.15, -0.1) is 0 Å². The van der Waals surface area contributed by atoms with Crippen LogP contribution in [0.1, 0.15) is 60.9 Å². The smallest absolute Gasteiger partial charge is 0.319 e. The molecule has 0 spiro atoms. The number of aryl methyl sites for hydroxylation is 2. The van der Waals surface area contributed by atoms with Gasteiger partial charge in [-0.05, 0) is 73.3 Å². The average molecular weight is 689 g/mol. The number of hydrogen-bond donors (Lipinski definition) is 2. The quantitative estimate of drug-likeness (QED) is 0.193. The van der Waals surface area contributed by atoms with Gasteiger partial charge in [0.25, 0.3) is 5.91 Å². The monoisotopic (exact) mass is 688 g/mol. The Balaban J connectivity index is 1.34. The summed E-state index contributed by atoms with van der Waals surface area (Å²) in [6, 6.07) is 6.83. The van der Waals surface area contributed by atoms with E-state index in [0.29, 0.717) is 41.4 Å². The molecule has 2 aliphatic rings. The van der Waals surface area contributed by atoms with E-state index in [9.17, 15) is 14.3 Å². The van der Waals surface area contributed by atoms with Crippen molar-refractivity contribution in [2.24, 2.45) is 7.05 Å². The number of nitrogens with zero attached hydrogens (tertiary/aromatic N) is 7. The van der Waals surface area contributed by atoms with E-state index in [1.807, 2.05) is 6.92 Å². The first-order chi connectivity index (χ1) is 23.9. The van der Waals surface area contributed by atoms with Crippen LogP contribution in [0.5, 0.6) is 11.8 Å². The van der Waals surface area contributed by atoms with Gasteiger partial charge in [0.2, 0.25) is 0 Å². The Bertz CT molecular complexity index is 2140. The zero-order valence-corrected chi connectivity index (χ0v) is 28.6. The number of phenols is 1. The van der Waals surface area contributed by atoms with E-state index in [0.717, 1.165) is 19.4 Å². The summed E-state index contributed by atoms with van der Waals surface area (Å²) >= 11 is 0. The van der Waals surface area contributed by atoms with Gasteiger partial charge in [0.1, 0.15) is 41.4 Å². The number of nitrogens with one attached hydrogen (secondary N) is 1. The second-order valence-electron chi connectivity index (χ2n) is 13.5. The number of carbonyl (C=O) groups excluding carboxylic acids is 1. The predicted molar refractivity (Wildman–Crippen MR) is 183 cm³/mol.